The molecule has 0 atom stereocenters. The van der Waals surface area contributed by atoms with Gasteiger partial charge in [-0.1, -0.05) is 0 Å². The average molecular weight is 311 g/mol. The van der Waals surface area contributed by atoms with Gasteiger partial charge in [-0.15, -0.1) is 0 Å². The number of piperidine rings is 1. The van der Waals surface area contributed by atoms with Crippen LogP contribution in [0.4, 0.5) is 11.6 Å². The van der Waals surface area contributed by atoms with Crippen LogP contribution in [0.1, 0.15) is 36.2 Å². The second-order valence-electron chi connectivity index (χ2n) is 6.70. The molecule has 0 aromatic carbocycles. The molecular weight excluding hydrogens is 290 g/mol. The van der Waals surface area contributed by atoms with Crippen molar-refractivity contribution in [1.29, 1.82) is 0 Å². The van der Waals surface area contributed by atoms with Gasteiger partial charge in [0.2, 0.25) is 5.95 Å². The van der Waals surface area contributed by atoms with E-state index < -0.39 is 0 Å². The summed E-state index contributed by atoms with van der Waals surface area (Å²) in [5.74, 6) is 0.238. The molecule has 1 aliphatic heterocycles. The van der Waals surface area contributed by atoms with E-state index in [1.807, 2.05) is 13.1 Å². The lowest BCUT2D eigenvalue weighted by molar-refractivity contribution is 0.323. The summed E-state index contributed by atoms with van der Waals surface area (Å²) in [6, 6.07) is 4.19. The highest BCUT2D eigenvalue weighted by Crippen LogP contribution is 2.44. The fraction of sp³-hybridized carbons (Fsp3) is 0.471. The van der Waals surface area contributed by atoms with Crippen molar-refractivity contribution in [3.05, 3.63) is 45.6 Å². The summed E-state index contributed by atoms with van der Waals surface area (Å²) < 4.78 is 0. The third kappa shape index (κ3) is 2.29. The van der Waals surface area contributed by atoms with E-state index in [2.05, 4.69) is 32.0 Å². The van der Waals surface area contributed by atoms with Crippen LogP contribution in [0.2, 0.25) is 0 Å². The Morgan fingerprint density at radius 2 is 2.09 bits per heavy atom. The van der Waals surface area contributed by atoms with Crippen LogP contribution in [0, 0.1) is 6.92 Å². The zero-order chi connectivity index (χ0) is 16.0. The maximum Gasteiger partial charge on any atom is 0.255 e. The Morgan fingerprint density at radius 1 is 1.30 bits per heavy atom. The normalized spacial score (nSPS) is 19.1. The van der Waals surface area contributed by atoms with E-state index in [9.17, 15) is 4.79 Å². The van der Waals surface area contributed by atoms with Gasteiger partial charge in [-0.2, -0.15) is 0 Å². The van der Waals surface area contributed by atoms with E-state index in [1.54, 1.807) is 0 Å². The number of hydrogen-bond acceptors (Lipinski definition) is 5. The molecule has 1 saturated heterocycles. The molecule has 23 heavy (non-hydrogen) atoms. The molecule has 1 fully saturated rings. The van der Waals surface area contributed by atoms with Crippen LogP contribution in [-0.2, 0) is 11.8 Å². The van der Waals surface area contributed by atoms with Gasteiger partial charge in [-0.05, 0) is 44.7 Å². The van der Waals surface area contributed by atoms with Crippen LogP contribution in [0.15, 0.2) is 23.1 Å². The molecule has 1 spiro atoms. The zero-order valence-corrected chi connectivity index (χ0v) is 13.3. The second kappa shape index (κ2) is 5.08. The van der Waals surface area contributed by atoms with Crippen LogP contribution in [0.5, 0.6) is 0 Å². The Bertz CT molecular complexity index is 805. The van der Waals surface area contributed by atoms with Gasteiger partial charge < -0.3 is 10.6 Å². The summed E-state index contributed by atoms with van der Waals surface area (Å²) in [5.41, 5.74) is 9.79. The maximum atomic E-state index is 12.1. The number of aromatic nitrogens is 3. The first-order valence-corrected chi connectivity index (χ1v) is 8.14. The third-order valence-electron chi connectivity index (χ3n) is 5.36. The van der Waals surface area contributed by atoms with Crippen LogP contribution in [0.3, 0.4) is 0 Å². The van der Waals surface area contributed by atoms with Crippen molar-refractivity contribution in [3.8, 4) is 0 Å². The molecule has 0 bridgehead atoms. The monoisotopic (exact) mass is 311 g/mol. The number of rotatable bonds is 1. The van der Waals surface area contributed by atoms with Gasteiger partial charge in [0.15, 0.2) is 0 Å². The predicted molar refractivity (Wildman–Crippen MR) is 89.7 cm³/mol. The van der Waals surface area contributed by atoms with Crippen molar-refractivity contribution in [2.75, 3.05) is 23.7 Å². The minimum absolute atomic E-state index is 0.0241. The fourth-order valence-electron chi connectivity index (χ4n) is 4.08. The standard InChI is InChI=1S/C17H21N5O/c1-11-10-12(3-7-19-11)22-8-5-17(6-9-22)4-2-13-14(17)20-16(18)21-15(13)23/h3,7,10H,2,4-6,8-9H2,1H3,(H3,18,20,21,23). The summed E-state index contributed by atoms with van der Waals surface area (Å²) in [4.78, 5) is 25.9. The molecule has 3 N–H and O–H groups in total. The maximum absolute atomic E-state index is 12.1. The molecule has 0 saturated carbocycles. The molecule has 1 aliphatic carbocycles. The van der Waals surface area contributed by atoms with E-state index in [-0.39, 0.29) is 16.9 Å². The van der Waals surface area contributed by atoms with Crippen molar-refractivity contribution < 1.29 is 0 Å². The lowest BCUT2D eigenvalue weighted by Crippen LogP contribution is -2.42. The summed E-state index contributed by atoms with van der Waals surface area (Å²) in [7, 11) is 0. The molecule has 0 unspecified atom stereocenters. The average Bonchev–Trinajstić information content (AvgIpc) is 2.87. The second-order valence-corrected chi connectivity index (χ2v) is 6.70. The first kappa shape index (κ1) is 14.2. The Labute approximate surface area is 134 Å². The third-order valence-corrected chi connectivity index (χ3v) is 5.36. The van der Waals surface area contributed by atoms with Crippen LogP contribution < -0.4 is 16.2 Å². The molecule has 6 heteroatoms. The number of nitrogens with zero attached hydrogens (tertiary/aromatic N) is 3. The van der Waals surface area contributed by atoms with Crippen LogP contribution in [0.25, 0.3) is 0 Å². The predicted octanol–water partition coefficient (Wildman–Crippen LogP) is 1.54. The van der Waals surface area contributed by atoms with E-state index >= 15 is 0 Å². The fourth-order valence-corrected chi connectivity index (χ4v) is 4.08. The number of hydrogen-bond donors (Lipinski definition) is 2. The number of pyridine rings is 1. The lowest BCUT2D eigenvalue weighted by atomic mass is 9.76. The number of anilines is 2. The molecule has 2 aromatic heterocycles. The summed E-state index contributed by atoms with van der Waals surface area (Å²) in [5, 5.41) is 0. The van der Waals surface area contributed by atoms with Crippen molar-refractivity contribution in [1.82, 2.24) is 15.0 Å². The minimum Gasteiger partial charge on any atom is -0.371 e. The topological polar surface area (TPSA) is 87.9 Å². The molecule has 0 radical (unpaired) electrons. The molecule has 6 nitrogen and oxygen atoms in total. The van der Waals surface area contributed by atoms with E-state index in [4.69, 9.17) is 5.73 Å². The Kier molecular flexibility index (Phi) is 3.14. The van der Waals surface area contributed by atoms with Gasteiger partial charge in [0.05, 0.1) is 5.69 Å². The highest BCUT2D eigenvalue weighted by Gasteiger charge is 2.43. The van der Waals surface area contributed by atoms with Gasteiger partial charge >= 0.3 is 0 Å². The molecule has 0 amide bonds. The molecule has 4 rings (SSSR count). The highest BCUT2D eigenvalue weighted by atomic mass is 16.1. The number of aryl methyl sites for hydroxylation is 1. The van der Waals surface area contributed by atoms with Crippen LogP contribution >= 0.6 is 0 Å². The smallest absolute Gasteiger partial charge is 0.255 e. The van der Waals surface area contributed by atoms with Gasteiger partial charge in [0.1, 0.15) is 0 Å². The zero-order valence-electron chi connectivity index (χ0n) is 13.3. The molecule has 120 valence electrons. The van der Waals surface area contributed by atoms with Crippen LogP contribution in [-0.4, -0.2) is 28.0 Å². The van der Waals surface area contributed by atoms with Crippen molar-refractivity contribution in [2.24, 2.45) is 0 Å². The van der Waals surface area contributed by atoms with Gasteiger partial charge in [0, 0.05) is 41.6 Å². The highest BCUT2D eigenvalue weighted by molar-refractivity contribution is 5.48. The Balaban J connectivity index is 1.61. The molecule has 2 aromatic rings. The number of nitrogens with two attached hydrogens (primary N) is 1. The van der Waals surface area contributed by atoms with E-state index in [0.717, 1.165) is 55.7 Å². The largest absolute Gasteiger partial charge is 0.371 e. The summed E-state index contributed by atoms with van der Waals surface area (Å²) >= 11 is 0. The number of fused-ring (bicyclic) bond motifs is 2. The SMILES string of the molecule is Cc1cc(N2CCC3(CCc4c3nc(N)[nH]c4=O)CC2)ccn1. The van der Waals surface area contributed by atoms with Crippen molar-refractivity contribution in [2.45, 2.75) is 38.0 Å². The van der Waals surface area contributed by atoms with E-state index in [0.29, 0.717) is 0 Å². The first-order chi connectivity index (χ1) is 11.1. The minimum atomic E-state index is -0.0587. The number of H-pyrrole nitrogens is 1. The Hall–Kier alpha value is -2.37. The summed E-state index contributed by atoms with van der Waals surface area (Å²) in [6.45, 7) is 3.95. The van der Waals surface area contributed by atoms with E-state index in [1.165, 1.54) is 5.69 Å². The van der Waals surface area contributed by atoms with Gasteiger partial charge in [0.25, 0.3) is 5.56 Å². The number of nitrogens with one attached hydrogen (secondary N) is 1. The Morgan fingerprint density at radius 3 is 2.83 bits per heavy atom. The van der Waals surface area contributed by atoms with Crippen molar-refractivity contribution >= 4 is 11.6 Å². The number of aromatic amines is 1. The van der Waals surface area contributed by atoms with Crippen molar-refractivity contribution in [3.63, 3.8) is 0 Å². The van der Waals surface area contributed by atoms with Gasteiger partial charge in [-0.3, -0.25) is 14.8 Å². The molecular formula is C17H21N5O. The lowest BCUT2D eigenvalue weighted by Gasteiger charge is -2.40. The first-order valence-electron chi connectivity index (χ1n) is 8.14. The number of nitrogen functional groups attached to an aromatic ring is 1. The summed E-state index contributed by atoms with van der Waals surface area (Å²) in [6.07, 6.45) is 5.70. The quantitative estimate of drug-likeness (QED) is 0.834. The van der Waals surface area contributed by atoms with Gasteiger partial charge in [-0.25, -0.2) is 4.98 Å². The molecule has 3 heterocycles. The molecule has 2 aliphatic rings.